The number of rotatable bonds is 6. The number of nitrogens with zero attached hydrogens (tertiary/aromatic N) is 3. The summed E-state index contributed by atoms with van der Waals surface area (Å²) in [6, 6.07) is 8.56. The van der Waals surface area contributed by atoms with Crippen molar-refractivity contribution in [3.8, 4) is 5.75 Å². The zero-order chi connectivity index (χ0) is 22.8. The summed E-state index contributed by atoms with van der Waals surface area (Å²) in [7, 11) is 3.39. The summed E-state index contributed by atoms with van der Waals surface area (Å²) in [6.45, 7) is -0.00324. The van der Waals surface area contributed by atoms with Gasteiger partial charge in [-0.15, -0.1) is 0 Å². The van der Waals surface area contributed by atoms with Gasteiger partial charge in [0.15, 0.2) is 6.61 Å². The second-order valence-electron chi connectivity index (χ2n) is 7.71. The molecule has 2 N–H and O–H groups in total. The van der Waals surface area contributed by atoms with E-state index in [9.17, 15) is 19.2 Å². The number of benzene rings is 1. The number of imide groups is 1. The zero-order valence-corrected chi connectivity index (χ0v) is 17.8. The van der Waals surface area contributed by atoms with Crippen LogP contribution in [0.1, 0.15) is 30.0 Å². The van der Waals surface area contributed by atoms with E-state index in [2.05, 4.69) is 15.7 Å². The van der Waals surface area contributed by atoms with Crippen molar-refractivity contribution in [3.63, 3.8) is 0 Å². The largest absolute Gasteiger partial charge is 0.482 e. The Bertz CT molecular complexity index is 1280. The normalized spacial score (nSPS) is 16.1. The average Bonchev–Trinajstić information content (AvgIpc) is 3.10. The lowest BCUT2D eigenvalue weighted by Crippen LogP contribution is -2.39. The molecule has 0 aliphatic carbocycles. The first-order valence-electron chi connectivity index (χ1n) is 10.2. The monoisotopic (exact) mass is 437 g/mol. The van der Waals surface area contributed by atoms with Crippen LogP contribution in [-0.2, 0) is 35.0 Å². The number of carbonyl (C=O) groups excluding carboxylic acids is 3. The highest BCUT2D eigenvalue weighted by Gasteiger charge is 2.32. The van der Waals surface area contributed by atoms with Gasteiger partial charge < -0.3 is 14.6 Å². The van der Waals surface area contributed by atoms with Crippen LogP contribution >= 0.6 is 0 Å². The first-order valence-corrected chi connectivity index (χ1v) is 10.2. The summed E-state index contributed by atoms with van der Waals surface area (Å²) in [5, 5.41) is 10.3. The number of piperidine rings is 1. The van der Waals surface area contributed by atoms with Crippen LogP contribution in [0.2, 0.25) is 0 Å². The van der Waals surface area contributed by atoms with Crippen molar-refractivity contribution in [2.24, 2.45) is 14.1 Å². The van der Waals surface area contributed by atoms with Gasteiger partial charge in [-0.2, -0.15) is 5.10 Å². The highest BCUT2D eigenvalue weighted by molar-refractivity contribution is 6.03. The molecular weight excluding hydrogens is 414 g/mol. The number of fused-ring (bicyclic) bond motifs is 1. The van der Waals surface area contributed by atoms with E-state index in [0.717, 1.165) is 5.39 Å². The number of aromatic nitrogens is 3. The first kappa shape index (κ1) is 21.3. The van der Waals surface area contributed by atoms with Gasteiger partial charge >= 0.3 is 0 Å². The Morgan fingerprint density at radius 3 is 2.81 bits per heavy atom. The molecule has 3 heterocycles. The van der Waals surface area contributed by atoms with Crippen molar-refractivity contribution >= 4 is 28.6 Å². The third kappa shape index (κ3) is 4.25. The van der Waals surface area contributed by atoms with E-state index >= 15 is 0 Å². The van der Waals surface area contributed by atoms with E-state index in [4.69, 9.17) is 4.74 Å². The van der Waals surface area contributed by atoms with Crippen molar-refractivity contribution in [1.29, 1.82) is 0 Å². The number of amides is 3. The molecule has 1 aromatic carbocycles. The Kier molecular flexibility index (Phi) is 5.76. The molecule has 10 heteroatoms. The Morgan fingerprint density at radius 1 is 1.25 bits per heavy atom. The van der Waals surface area contributed by atoms with Gasteiger partial charge in [0.2, 0.25) is 11.8 Å². The number of hydrogen-bond acceptors (Lipinski definition) is 6. The molecular formula is C22H23N5O5. The highest BCUT2D eigenvalue weighted by atomic mass is 16.5. The SMILES string of the molecule is Cn1ccc(CNC(=O)COc2cccc3c(C4CCC(=O)NC4=O)nn(C)c23)cc1=O. The number of aryl methyl sites for hydroxylation is 2. The van der Waals surface area contributed by atoms with Crippen molar-refractivity contribution in [1.82, 2.24) is 25.0 Å². The van der Waals surface area contributed by atoms with Crippen molar-refractivity contribution in [2.45, 2.75) is 25.3 Å². The summed E-state index contributed by atoms with van der Waals surface area (Å²) in [5.74, 6) is -1.04. The van der Waals surface area contributed by atoms with E-state index in [1.54, 1.807) is 43.2 Å². The van der Waals surface area contributed by atoms with Crippen LogP contribution in [0.3, 0.4) is 0 Å². The molecule has 3 aromatic rings. The first-order chi connectivity index (χ1) is 15.3. The molecule has 0 bridgehead atoms. The van der Waals surface area contributed by atoms with E-state index in [1.165, 1.54) is 10.6 Å². The van der Waals surface area contributed by atoms with Crippen molar-refractivity contribution in [2.75, 3.05) is 6.61 Å². The van der Waals surface area contributed by atoms with Gasteiger partial charge in [-0.3, -0.25) is 29.2 Å². The second-order valence-corrected chi connectivity index (χ2v) is 7.71. The third-order valence-electron chi connectivity index (χ3n) is 5.44. The molecule has 4 rings (SSSR count). The van der Waals surface area contributed by atoms with Gasteiger partial charge in [0, 0.05) is 44.7 Å². The topological polar surface area (TPSA) is 124 Å². The molecule has 1 unspecified atom stereocenters. The van der Waals surface area contributed by atoms with Gasteiger partial charge in [-0.05, 0) is 24.1 Å². The second kappa shape index (κ2) is 8.66. The van der Waals surface area contributed by atoms with E-state index < -0.39 is 5.92 Å². The molecule has 1 aliphatic rings. The van der Waals surface area contributed by atoms with Crippen LogP contribution in [-0.4, -0.2) is 38.7 Å². The molecule has 0 radical (unpaired) electrons. The molecule has 1 aliphatic heterocycles. The molecule has 1 atom stereocenters. The van der Waals surface area contributed by atoms with Gasteiger partial charge in [-0.25, -0.2) is 0 Å². The maximum atomic E-state index is 12.3. The fourth-order valence-electron chi connectivity index (χ4n) is 3.75. The number of pyridine rings is 1. The minimum atomic E-state index is -0.520. The van der Waals surface area contributed by atoms with Crippen LogP contribution in [0.25, 0.3) is 10.9 Å². The Hall–Kier alpha value is -3.95. The smallest absolute Gasteiger partial charge is 0.258 e. The lowest BCUT2D eigenvalue weighted by Gasteiger charge is -2.19. The number of ether oxygens (including phenoxy) is 1. The molecule has 166 valence electrons. The Morgan fingerprint density at radius 2 is 2.06 bits per heavy atom. The van der Waals surface area contributed by atoms with Gasteiger partial charge in [-0.1, -0.05) is 12.1 Å². The van der Waals surface area contributed by atoms with Crippen LogP contribution in [0.4, 0.5) is 0 Å². The van der Waals surface area contributed by atoms with E-state index in [1.807, 2.05) is 6.07 Å². The molecule has 0 spiro atoms. The minimum Gasteiger partial charge on any atom is -0.482 e. The highest BCUT2D eigenvalue weighted by Crippen LogP contribution is 2.34. The molecule has 3 amide bonds. The fourth-order valence-corrected chi connectivity index (χ4v) is 3.75. The summed E-state index contributed by atoms with van der Waals surface area (Å²) in [5.41, 5.74) is 1.78. The van der Waals surface area contributed by atoms with Crippen LogP contribution < -0.4 is 20.9 Å². The maximum Gasteiger partial charge on any atom is 0.258 e. The van der Waals surface area contributed by atoms with Crippen molar-refractivity contribution in [3.05, 3.63) is 58.1 Å². The number of carbonyl (C=O) groups is 3. The van der Waals surface area contributed by atoms with Crippen molar-refractivity contribution < 1.29 is 19.1 Å². The molecule has 1 saturated heterocycles. The van der Waals surface area contributed by atoms with Gasteiger partial charge in [0.25, 0.3) is 11.5 Å². The predicted octanol–water partition coefficient (Wildman–Crippen LogP) is 0.487. The lowest BCUT2D eigenvalue weighted by atomic mass is 9.93. The molecule has 2 aromatic heterocycles. The van der Waals surface area contributed by atoms with E-state index in [-0.39, 0.29) is 42.9 Å². The summed E-state index contributed by atoms with van der Waals surface area (Å²) < 4.78 is 8.81. The minimum absolute atomic E-state index is 0.150. The quantitative estimate of drug-likeness (QED) is 0.541. The number of para-hydroxylation sites is 1. The van der Waals surface area contributed by atoms with Gasteiger partial charge in [0.05, 0.1) is 11.6 Å². The number of nitrogens with one attached hydrogen (secondary N) is 2. The van der Waals surface area contributed by atoms with Gasteiger partial charge in [0.1, 0.15) is 11.3 Å². The average molecular weight is 437 g/mol. The third-order valence-corrected chi connectivity index (χ3v) is 5.44. The van der Waals surface area contributed by atoms with Crippen LogP contribution in [0, 0.1) is 0 Å². The Labute approximate surface area is 183 Å². The Balaban J connectivity index is 1.46. The molecule has 10 nitrogen and oxygen atoms in total. The summed E-state index contributed by atoms with van der Waals surface area (Å²) >= 11 is 0. The summed E-state index contributed by atoms with van der Waals surface area (Å²) in [6.07, 6.45) is 2.30. The number of hydrogen-bond donors (Lipinski definition) is 2. The summed E-state index contributed by atoms with van der Waals surface area (Å²) in [4.78, 5) is 47.7. The van der Waals surface area contributed by atoms with E-state index in [0.29, 0.717) is 28.9 Å². The standard InChI is InChI=1S/C22H23N5O5/c1-26-9-8-13(10-19(26)30)11-23-18(29)12-32-16-5-3-4-14-20(25-27(2)21(14)16)15-6-7-17(28)24-22(15)31/h3-5,8-10,15H,6-7,11-12H2,1-2H3,(H,23,29)(H,24,28,31). The molecule has 0 saturated carbocycles. The fraction of sp³-hybridized carbons (Fsp3) is 0.318. The lowest BCUT2D eigenvalue weighted by molar-refractivity contribution is -0.134. The van der Waals surface area contributed by atoms with Crippen LogP contribution in [0.15, 0.2) is 41.3 Å². The van der Waals surface area contributed by atoms with Crippen LogP contribution in [0.5, 0.6) is 5.75 Å². The predicted molar refractivity (Wildman–Crippen MR) is 115 cm³/mol. The molecule has 1 fully saturated rings. The zero-order valence-electron chi connectivity index (χ0n) is 17.8. The molecule has 32 heavy (non-hydrogen) atoms. The maximum absolute atomic E-state index is 12.3.